The van der Waals surface area contributed by atoms with Gasteiger partial charge in [-0.3, -0.25) is 20.3 Å². The summed E-state index contributed by atoms with van der Waals surface area (Å²) in [5.74, 6) is -0.275. The van der Waals surface area contributed by atoms with E-state index in [1.807, 2.05) is 6.92 Å². The van der Waals surface area contributed by atoms with Crippen LogP contribution >= 0.6 is 11.6 Å². The molecule has 2 N–H and O–H groups in total. The van der Waals surface area contributed by atoms with Crippen molar-refractivity contribution in [2.75, 3.05) is 5.43 Å². The van der Waals surface area contributed by atoms with Gasteiger partial charge in [-0.15, -0.1) is 0 Å². The lowest BCUT2D eigenvalue weighted by Crippen LogP contribution is -2.27. The van der Waals surface area contributed by atoms with Crippen molar-refractivity contribution in [3.05, 3.63) is 52.6 Å². The van der Waals surface area contributed by atoms with Crippen LogP contribution in [0.3, 0.4) is 0 Å². The van der Waals surface area contributed by atoms with Gasteiger partial charge in [0.15, 0.2) is 0 Å². The maximum absolute atomic E-state index is 12.8. The summed E-state index contributed by atoms with van der Waals surface area (Å²) >= 11 is 6.31. The van der Waals surface area contributed by atoms with E-state index in [-0.39, 0.29) is 11.7 Å². The van der Waals surface area contributed by atoms with Gasteiger partial charge < -0.3 is 0 Å². The van der Waals surface area contributed by atoms with Crippen molar-refractivity contribution in [3.63, 3.8) is 0 Å². The highest BCUT2D eigenvalue weighted by atomic mass is 35.5. The molecule has 7 heteroatoms. The number of nitrogens with one attached hydrogen (secondary N) is 2. The molecule has 1 heterocycles. The Hall–Kier alpha value is -2.34. The van der Waals surface area contributed by atoms with Crippen molar-refractivity contribution in [3.8, 4) is 0 Å². The maximum Gasteiger partial charge on any atom is 0.262 e. The normalized spacial score (nSPS) is 11.2. The molecule has 0 aliphatic carbocycles. The predicted molar refractivity (Wildman–Crippen MR) is 94.0 cm³/mol. The number of amides is 1. The van der Waals surface area contributed by atoms with Crippen LogP contribution in [0.25, 0.3) is 6.08 Å². The molecule has 1 aromatic carbocycles. The van der Waals surface area contributed by atoms with E-state index in [0.717, 1.165) is 5.69 Å². The number of carbonyl (C=O) groups is 1. The van der Waals surface area contributed by atoms with Crippen LogP contribution in [-0.2, 0) is 11.3 Å². The van der Waals surface area contributed by atoms with E-state index in [0.29, 0.717) is 28.9 Å². The first-order valence-corrected chi connectivity index (χ1v) is 7.97. The number of hydrazine groups is 1. The monoisotopic (exact) mass is 350 g/mol. The fourth-order valence-electron chi connectivity index (χ4n) is 2.09. The molecule has 5 nitrogen and oxygen atoms in total. The summed E-state index contributed by atoms with van der Waals surface area (Å²) in [6, 6.07) is 5.65. The lowest BCUT2D eigenvalue weighted by molar-refractivity contribution is -0.115. The van der Waals surface area contributed by atoms with E-state index in [4.69, 9.17) is 11.6 Å². The lowest BCUT2D eigenvalue weighted by atomic mass is 10.2. The zero-order valence-corrected chi connectivity index (χ0v) is 14.6. The highest BCUT2D eigenvalue weighted by Gasteiger charge is 2.12. The fourth-order valence-corrected chi connectivity index (χ4v) is 2.40. The van der Waals surface area contributed by atoms with Crippen molar-refractivity contribution in [2.24, 2.45) is 5.92 Å². The molecule has 0 saturated carbocycles. The van der Waals surface area contributed by atoms with Crippen molar-refractivity contribution in [1.29, 1.82) is 0 Å². The molecular formula is C17H20ClFN4O. The van der Waals surface area contributed by atoms with Gasteiger partial charge in [-0.25, -0.2) is 4.39 Å². The van der Waals surface area contributed by atoms with Crippen LogP contribution in [0.15, 0.2) is 30.3 Å². The Morgan fingerprint density at radius 3 is 2.67 bits per heavy atom. The van der Waals surface area contributed by atoms with Crippen molar-refractivity contribution in [2.45, 2.75) is 27.3 Å². The smallest absolute Gasteiger partial charge is 0.262 e. The molecule has 2 rings (SSSR count). The van der Waals surface area contributed by atoms with Crippen LogP contribution in [0.1, 0.15) is 25.1 Å². The summed E-state index contributed by atoms with van der Waals surface area (Å²) in [6.45, 7) is 6.72. The molecule has 0 unspecified atom stereocenters. The molecule has 0 atom stereocenters. The first-order chi connectivity index (χ1) is 11.4. The Balaban J connectivity index is 1.98. The summed E-state index contributed by atoms with van der Waals surface area (Å²) in [5.41, 5.74) is 7.25. The molecule has 0 radical (unpaired) electrons. The van der Waals surface area contributed by atoms with Gasteiger partial charge >= 0.3 is 0 Å². The fraction of sp³-hybridized carbons (Fsp3) is 0.294. The molecule has 1 amide bonds. The molecule has 0 saturated heterocycles. The van der Waals surface area contributed by atoms with E-state index < -0.39 is 0 Å². The SMILES string of the molecule is Cc1nn(CC(C)C)c(Cl)c1C=CC(=O)NNc1ccc(F)cc1. The standard InChI is InChI=1S/C17H20ClFN4O/c1-11(2)10-23-17(18)15(12(3)22-23)8-9-16(24)21-20-14-6-4-13(19)5-7-14/h4-9,11,20H,10H2,1-3H3,(H,21,24). The molecular weight excluding hydrogens is 331 g/mol. The summed E-state index contributed by atoms with van der Waals surface area (Å²) in [6.07, 6.45) is 3.00. The summed E-state index contributed by atoms with van der Waals surface area (Å²) in [4.78, 5) is 11.9. The molecule has 24 heavy (non-hydrogen) atoms. The van der Waals surface area contributed by atoms with E-state index in [2.05, 4.69) is 29.8 Å². The quantitative estimate of drug-likeness (QED) is 0.615. The van der Waals surface area contributed by atoms with Crippen LogP contribution in [0, 0.1) is 18.7 Å². The minimum absolute atomic E-state index is 0.338. The molecule has 0 aliphatic heterocycles. The van der Waals surface area contributed by atoms with E-state index >= 15 is 0 Å². The Morgan fingerprint density at radius 1 is 1.38 bits per heavy atom. The van der Waals surface area contributed by atoms with Crippen LogP contribution in [0.4, 0.5) is 10.1 Å². The van der Waals surface area contributed by atoms with Gasteiger partial charge in [0.1, 0.15) is 11.0 Å². The number of anilines is 1. The third-order valence-electron chi connectivity index (χ3n) is 3.22. The number of aryl methyl sites for hydroxylation is 1. The average Bonchev–Trinajstić information content (AvgIpc) is 2.78. The van der Waals surface area contributed by atoms with Crippen LogP contribution in [0.5, 0.6) is 0 Å². The number of hydrogen-bond donors (Lipinski definition) is 2. The van der Waals surface area contributed by atoms with Crippen molar-refractivity contribution in [1.82, 2.24) is 15.2 Å². The number of benzene rings is 1. The van der Waals surface area contributed by atoms with Gasteiger partial charge in [0.2, 0.25) is 0 Å². The van der Waals surface area contributed by atoms with E-state index in [1.165, 1.54) is 30.3 Å². The lowest BCUT2D eigenvalue weighted by Gasteiger charge is -2.06. The Morgan fingerprint density at radius 2 is 2.04 bits per heavy atom. The van der Waals surface area contributed by atoms with Gasteiger partial charge in [0, 0.05) is 18.2 Å². The second-order valence-electron chi connectivity index (χ2n) is 5.82. The van der Waals surface area contributed by atoms with Crippen LogP contribution < -0.4 is 10.9 Å². The Bertz CT molecular complexity index is 738. The molecule has 128 valence electrons. The van der Waals surface area contributed by atoms with Crippen molar-refractivity contribution < 1.29 is 9.18 Å². The molecule has 0 bridgehead atoms. The number of carbonyl (C=O) groups excluding carboxylic acids is 1. The highest BCUT2D eigenvalue weighted by Crippen LogP contribution is 2.22. The van der Waals surface area contributed by atoms with Crippen molar-refractivity contribution >= 4 is 29.3 Å². The Labute approximate surface area is 145 Å². The first-order valence-electron chi connectivity index (χ1n) is 7.59. The summed E-state index contributed by atoms with van der Waals surface area (Å²) in [7, 11) is 0. The number of hydrogen-bond acceptors (Lipinski definition) is 3. The first kappa shape index (κ1) is 18.0. The predicted octanol–water partition coefficient (Wildman–Crippen LogP) is 3.80. The third-order valence-corrected chi connectivity index (χ3v) is 3.62. The zero-order valence-electron chi connectivity index (χ0n) is 13.8. The minimum atomic E-state index is -0.355. The molecule has 0 fully saturated rings. The average molecular weight is 351 g/mol. The Kier molecular flexibility index (Phi) is 5.98. The van der Waals surface area contributed by atoms with Crippen LogP contribution in [0.2, 0.25) is 5.15 Å². The van der Waals surface area contributed by atoms with Gasteiger partial charge in [0.25, 0.3) is 5.91 Å². The molecule has 1 aromatic heterocycles. The van der Waals surface area contributed by atoms with E-state index in [1.54, 1.807) is 10.8 Å². The van der Waals surface area contributed by atoms with Gasteiger partial charge in [-0.1, -0.05) is 25.4 Å². The largest absolute Gasteiger partial charge is 0.298 e. The topological polar surface area (TPSA) is 59.0 Å². The highest BCUT2D eigenvalue weighted by molar-refractivity contribution is 6.31. The number of rotatable bonds is 6. The zero-order chi connectivity index (χ0) is 17.7. The third kappa shape index (κ3) is 4.83. The van der Waals surface area contributed by atoms with Gasteiger partial charge in [-0.2, -0.15) is 5.10 Å². The summed E-state index contributed by atoms with van der Waals surface area (Å²) < 4.78 is 14.5. The number of nitrogens with zero attached hydrogens (tertiary/aromatic N) is 2. The van der Waals surface area contributed by atoms with Gasteiger partial charge in [-0.05, 0) is 43.2 Å². The molecule has 2 aromatic rings. The summed E-state index contributed by atoms with van der Waals surface area (Å²) in [5, 5.41) is 4.89. The second-order valence-corrected chi connectivity index (χ2v) is 6.18. The van der Waals surface area contributed by atoms with E-state index in [9.17, 15) is 9.18 Å². The molecule has 0 spiro atoms. The minimum Gasteiger partial charge on any atom is -0.298 e. The number of aromatic nitrogens is 2. The molecule has 0 aliphatic rings. The maximum atomic E-state index is 12.8. The second kappa shape index (κ2) is 7.97. The number of halogens is 2. The van der Waals surface area contributed by atoms with Crippen LogP contribution in [-0.4, -0.2) is 15.7 Å². The van der Waals surface area contributed by atoms with Gasteiger partial charge in [0.05, 0.1) is 11.4 Å².